The number of para-hydroxylation sites is 1. The molecule has 0 aliphatic heterocycles. The standard InChI is InChI=1S/C14H11FN4S/c15-12-5-1-2-6-13(12)18-17-10-11-4-3-8-19(11)14-16-7-9-20-14/h1-10,18H. The molecule has 2 heterocycles. The van der Waals surface area contributed by atoms with E-state index in [2.05, 4.69) is 15.5 Å². The van der Waals surface area contributed by atoms with Crippen LogP contribution in [0.1, 0.15) is 5.69 Å². The van der Waals surface area contributed by atoms with Gasteiger partial charge in [-0.1, -0.05) is 12.1 Å². The second-order valence-electron chi connectivity index (χ2n) is 3.97. The molecule has 0 fully saturated rings. The van der Waals surface area contributed by atoms with Crippen LogP contribution in [0.5, 0.6) is 0 Å². The number of rotatable bonds is 4. The summed E-state index contributed by atoms with van der Waals surface area (Å²) in [4.78, 5) is 4.24. The first-order valence-corrected chi connectivity index (χ1v) is 6.83. The Bertz CT molecular complexity index is 718. The van der Waals surface area contributed by atoms with Crippen molar-refractivity contribution in [2.75, 3.05) is 5.43 Å². The molecule has 0 saturated carbocycles. The number of hydrazone groups is 1. The summed E-state index contributed by atoms with van der Waals surface area (Å²) < 4.78 is 15.3. The van der Waals surface area contributed by atoms with E-state index in [-0.39, 0.29) is 5.82 Å². The smallest absolute Gasteiger partial charge is 0.193 e. The van der Waals surface area contributed by atoms with Crippen molar-refractivity contribution in [1.29, 1.82) is 0 Å². The van der Waals surface area contributed by atoms with Gasteiger partial charge >= 0.3 is 0 Å². The molecule has 100 valence electrons. The lowest BCUT2D eigenvalue weighted by Crippen LogP contribution is -1.99. The number of aromatic nitrogens is 2. The molecule has 20 heavy (non-hydrogen) atoms. The van der Waals surface area contributed by atoms with Gasteiger partial charge in [0.25, 0.3) is 0 Å². The van der Waals surface area contributed by atoms with Crippen molar-refractivity contribution in [3.05, 3.63) is 65.7 Å². The Labute approximate surface area is 119 Å². The second kappa shape index (κ2) is 5.66. The van der Waals surface area contributed by atoms with Gasteiger partial charge in [-0.15, -0.1) is 11.3 Å². The van der Waals surface area contributed by atoms with Gasteiger partial charge in [-0.2, -0.15) is 5.10 Å². The van der Waals surface area contributed by atoms with Crippen LogP contribution >= 0.6 is 11.3 Å². The molecular formula is C14H11FN4S. The Balaban J connectivity index is 1.77. The number of nitrogens with zero attached hydrogens (tertiary/aromatic N) is 3. The summed E-state index contributed by atoms with van der Waals surface area (Å²) in [5.41, 5.74) is 3.90. The third-order valence-electron chi connectivity index (χ3n) is 2.66. The van der Waals surface area contributed by atoms with E-state index in [1.165, 1.54) is 17.4 Å². The van der Waals surface area contributed by atoms with Crippen molar-refractivity contribution >= 4 is 23.2 Å². The predicted octanol–water partition coefficient (Wildman–Crippen LogP) is 3.52. The molecule has 6 heteroatoms. The maximum Gasteiger partial charge on any atom is 0.193 e. The summed E-state index contributed by atoms with van der Waals surface area (Å²) in [7, 11) is 0. The highest BCUT2D eigenvalue weighted by Gasteiger charge is 2.03. The number of anilines is 1. The molecule has 3 aromatic rings. The summed E-state index contributed by atoms with van der Waals surface area (Å²) in [6, 6.07) is 10.2. The van der Waals surface area contributed by atoms with Gasteiger partial charge in [0.1, 0.15) is 5.82 Å². The second-order valence-corrected chi connectivity index (χ2v) is 4.84. The Morgan fingerprint density at radius 2 is 2.15 bits per heavy atom. The highest BCUT2D eigenvalue weighted by Crippen LogP contribution is 2.15. The highest BCUT2D eigenvalue weighted by molar-refractivity contribution is 7.12. The molecule has 0 atom stereocenters. The van der Waals surface area contributed by atoms with E-state index in [1.807, 2.05) is 28.3 Å². The summed E-state index contributed by atoms with van der Waals surface area (Å²) in [6.07, 6.45) is 5.29. The molecule has 0 aliphatic carbocycles. The molecule has 0 unspecified atom stereocenters. The molecule has 0 spiro atoms. The first-order chi connectivity index (χ1) is 9.84. The summed E-state index contributed by atoms with van der Waals surface area (Å²) >= 11 is 1.54. The predicted molar refractivity (Wildman–Crippen MR) is 79.1 cm³/mol. The van der Waals surface area contributed by atoms with E-state index in [9.17, 15) is 4.39 Å². The average molecular weight is 286 g/mol. The van der Waals surface area contributed by atoms with Gasteiger partial charge < -0.3 is 0 Å². The minimum absolute atomic E-state index is 0.333. The van der Waals surface area contributed by atoms with Crippen molar-refractivity contribution in [2.45, 2.75) is 0 Å². The van der Waals surface area contributed by atoms with Crippen molar-refractivity contribution in [2.24, 2.45) is 5.10 Å². The van der Waals surface area contributed by atoms with Crippen molar-refractivity contribution in [3.63, 3.8) is 0 Å². The van der Waals surface area contributed by atoms with Crippen LogP contribution in [0, 0.1) is 5.82 Å². The lowest BCUT2D eigenvalue weighted by atomic mass is 10.3. The van der Waals surface area contributed by atoms with Gasteiger partial charge in [0.15, 0.2) is 5.13 Å². The van der Waals surface area contributed by atoms with Gasteiger partial charge in [0.2, 0.25) is 0 Å². The zero-order valence-electron chi connectivity index (χ0n) is 10.4. The van der Waals surface area contributed by atoms with E-state index in [0.717, 1.165) is 10.8 Å². The van der Waals surface area contributed by atoms with Crippen molar-refractivity contribution in [1.82, 2.24) is 9.55 Å². The van der Waals surface area contributed by atoms with Crippen LogP contribution in [0.25, 0.3) is 5.13 Å². The van der Waals surface area contributed by atoms with Crippen LogP contribution in [0.2, 0.25) is 0 Å². The largest absolute Gasteiger partial charge is 0.292 e. The van der Waals surface area contributed by atoms with Crippen LogP contribution in [-0.4, -0.2) is 15.8 Å². The van der Waals surface area contributed by atoms with Gasteiger partial charge in [0.05, 0.1) is 17.6 Å². The molecule has 0 bridgehead atoms. The number of thiazole rings is 1. The van der Waals surface area contributed by atoms with Gasteiger partial charge in [-0.05, 0) is 24.3 Å². The van der Waals surface area contributed by atoms with Crippen LogP contribution in [0.3, 0.4) is 0 Å². The molecule has 1 aromatic carbocycles. The molecule has 0 amide bonds. The summed E-state index contributed by atoms with van der Waals surface area (Å²) in [5.74, 6) is -0.333. The Hall–Kier alpha value is -2.47. The molecular weight excluding hydrogens is 275 g/mol. The molecule has 1 N–H and O–H groups in total. The van der Waals surface area contributed by atoms with Gasteiger partial charge in [-0.3, -0.25) is 9.99 Å². The van der Waals surface area contributed by atoms with E-state index >= 15 is 0 Å². The number of benzene rings is 1. The Morgan fingerprint density at radius 1 is 1.25 bits per heavy atom. The maximum absolute atomic E-state index is 13.4. The molecule has 4 nitrogen and oxygen atoms in total. The van der Waals surface area contributed by atoms with Crippen LogP contribution in [0.15, 0.2) is 59.3 Å². The topological polar surface area (TPSA) is 42.2 Å². The highest BCUT2D eigenvalue weighted by atomic mass is 32.1. The first-order valence-electron chi connectivity index (χ1n) is 5.95. The van der Waals surface area contributed by atoms with Gasteiger partial charge in [0, 0.05) is 17.8 Å². The van der Waals surface area contributed by atoms with Crippen LogP contribution in [0.4, 0.5) is 10.1 Å². The number of halogens is 1. The van der Waals surface area contributed by atoms with Crippen molar-refractivity contribution in [3.8, 4) is 5.13 Å². The van der Waals surface area contributed by atoms with E-state index in [0.29, 0.717) is 5.69 Å². The molecule has 0 saturated heterocycles. The lowest BCUT2D eigenvalue weighted by molar-refractivity contribution is 0.631. The van der Waals surface area contributed by atoms with E-state index in [4.69, 9.17) is 0 Å². The third kappa shape index (κ3) is 2.60. The van der Waals surface area contributed by atoms with E-state index in [1.54, 1.807) is 30.6 Å². The zero-order chi connectivity index (χ0) is 13.8. The Kier molecular flexibility index (Phi) is 3.56. The number of hydrogen-bond donors (Lipinski definition) is 1. The minimum atomic E-state index is -0.333. The molecule has 0 aliphatic rings. The maximum atomic E-state index is 13.4. The van der Waals surface area contributed by atoms with Crippen molar-refractivity contribution < 1.29 is 4.39 Å². The monoisotopic (exact) mass is 286 g/mol. The molecule has 0 radical (unpaired) electrons. The van der Waals surface area contributed by atoms with Gasteiger partial charge in [-0.25, -0.2) is 9.37 Å². The van der Waals surface area contributed by atoms with Crippen LogP contribution < -0.4 is 5.43 Å². The Morgan fingerprint density at radius 3 is 2.95 bits per heavy atom. The third-order valence-corrected chi connectivity index (χ3v) is 3.43. The molecule has 2 aromatic heterocycles. The fourth-order valence-corrected chi connectivity index (χ4v) is 2.37. The number of nitrogens with one attached hydrogen (secondary N) is 1. The fraction of sp³-hybridized carbons (Fsp3) is 0. The first kappa shape index (κ1) is 12.6. The molecule has 3 rings (SSSR count). The van der Waals surface area contributed by atoms with Crippen LogP contribution in [-0.2, 0) is 0 Å². The van der Waals surface area contributed by atoms with E-state index < -0.39 is 0 Å². The summed E-state index contributed by atoms with van der Waals surface area (Å²) in [5, 5.41) is 6.83. The quantitative estimate of drug-likeness (QED) is 0.589. The summed E-state index contributed by atoms with van der Waals surface area (Å²) in [6.45, 7) is 0. The average Bonchev–Trinajstić information content (AvgIpc) is 3.11. The zero-order valence-corrected chi connectivity index (χ0v) is 11.2. The minimum Gasteiger partial charge on any atom is -0.292 e. The number of hydrogen-bond acceptors (Lipinski definition) is 4. The normalized spacial score (nSPS) is 11.1. The SMILES string of the molecule is Fc1ccccc1NN=Cc1cccn1-c1nccs1. The lowest BCUT2D eigenvalue weighted by Gasteiger charge is -2.02. The fourth-order valence-electron chi connectivity index (χ4n) is 1.73.